The van der Waals surface area contributed by atoms with E-state index in [-0.39, 0.29) is 6.42 Å². The van der Waals surface area contributed by atoms with Crippen LogP contribution in [0, 0.1) is 0 Å². The van der Waals surface area contributed by atoms with Gasteiger partial charge < -0.3 is 9.67 Å². The smallest absolute Gasteiger partial charge is 0.303 e. The highest BCUT2D eigenvalue weighted by molar-refractivity contribution is 5.91. The van der Waals surface area contributed by atoms with Crippen molar-refractivity contribution in [3.8, 4) is 16.9 Å². The predicted molar refractivity (Wildman–Crippen MR) is 105 cm³/mol. The number of hydrogen-bond donors (Lipinski definition) is 1. The summed E-state index contributed by atoms with van der Waals surface area (Å²) in [6.07, 6.45) is 0.606. The fourth-order valence-corrected chi connectivity index (χ4v) is 3.43. The number of aromatic nitrogens is 1. The molecule has 0 fully saturated rings. The summed E-state index contributed by atoms with van der Waals surface area (Å²) in [7, 11) is 0. The van der Waals surface area contributed by atoms with Gasteiger partial charge in [0.25, 0.3) is 0 Å². The molecule has 0 aliphatic rings. The summed E-state index contributed by atoms with van der Waals surface area (Å²) < 4.78 is 2.20. The number of aliphatic carboxylic acids is 1. The third-order valence-electron chi connectivity index (χ3n) is 4.63. The number of fused-ring (bicyclic) bond motifs is 1. The van der Waals surface area contributed by atoms with E-state index in [2.05, 4.69) is 47.0 Å². The summed E-state index contributed by atoms with van der Waals surface area (Å²) in [5, 5.41) is 11.4. The van der Waals surface area contributed by atoms with Gasteiger partial charge in [-0.15, -0.1) is 0 Å². The van der Waals surface area contributed by atoms with Crippen molar-refractivity contribution in [2.75, 3.05) is 0 Å². The highest BCUT2D eigenvalue weighted by atomic mass is 16.4. The van der Waals surface area contributed by atoms with Gasteiger partial charge in [0, 0.05) is 11.1 Å². The zero-order chi connectivity index (χ0) is 17.9. The summed E-state index contributed by atoms with van der Waals surface area (Å²) in [5.74, 6) is -0.781. The van der Waals surface area contributed by atoms with Gasteiger partial charge in [-0.1, -0.05) is 66.7 Å². The van der Waals surface area contributed by atoms with Gasteiger partial charge in [0.05, 0.1) is 17.8 Å². The van der Waals surface area contributed by atoms with Gasteiger partial charge in [0.1, 0.15) is 0 Å². The first-order chi connectivity index (χ1) is 12.7. The minimum atomic E-state index is -0.781. The van der Waals surface area contributed by atoms with E-state index in [1.807, 2.05) is 42.5 Å². The fourth-order valence-electron chi connectivity index (χ4n) is 3.43. The van der Waals surface area contributed by atoms with Gasteiger partial charge in [-0.3, -0.25) is 4.79 Å². The number of carboxylic acids is 1. The zero-order valence-electron chi connectivity index (χ0n) is 14.3. The quantitative estimate of drug-likeness (QED) is 0.534. The molecule has 0 atom stereocenters. The van der Waals surface area contributed by atoms with E-state index in [1.165, 1.54) is 5.39 Å². The second kappa shape index (κ2) is 6.89. The summed E-state index contributed by atoms with van der Waals surface area (Å²) in [6.45, 7) is 0. The molecular formula is C23H19NO2. The molecule has 3 nitrogen and oxygen atoms in total. The van der Waals surface area contributed by atoms with E-state index in [4.69, 9.17) is 5.11 Å². The standard InChI is InChI=1S/C23H19NO2/c25-23(26)16-14-19-13-15-21(18-8-2-1-3-9-18)24(19)22-12-6-10-17-7-4-5-11-20(17)22/h1-13,15H,14,16H2,(H,25,26). The second-order valence-corrected chi connectivity index (χ2v) is 6.30. The maximum absolute atomic E-state index is 11.1. The predicted octanol–water partition coefficient (Wildman–Crippen LogP) is 5.31. The topological polar surface area (TPSA) is 42.2 Å². The lowest BCUT2D eigenvalue weighted by molar-refractivity contribution is -0.136. The molecule has 3 aromatic carbocycles. The normalized spacial score (nSPS) is 10.9. The Morgan fingerprint density at radius 2 is 1.54 bits per heavy atom. The van der Waals surface area contributed by atoms with Crippen LogP contribution in [-0.4, -0.2) is 15.6 Å². The number of aryl methyl sites for hydroxylation is 1. The number of carbonyl (C=O) groups is 1. The van der Waals surface area contributed by atoms with Crippen molar-refractivity contribution in [2.24, 2.45) is 0 Å². The van der Waals surface area contributed by atoms with Crippen LogP contribution in [0.3, 0.4) is 0 Å². The zero-order valence-corrected chi connectivity index (χ0v) is 14.3. The molecule has 1 aromatic heterocycles. The van der Waals surface area contributed by atoms with Crippen LogP contribution in [0.5, 0.6) is 0 Å². The molecule has 0 amide bonds. The monoisotopic (exact) mass is 341 g/mol. The van der Waals surface area contributed by atoms with Crippen molar-refractivity contribution in [2.45, 2.75) is 12.8 Å². The summed E-state index contributed by atoms with van der Waals surface area (Å²) in [4.78, 5) is 11.1. The Balaban J connectivity index is 1.95. The number of rotatable bonds is 5. The first-order valence-corrected chi connectivity index (χ1v) is 8.70. The van der Waals surface area contributed by atoms with Crippen LogP contribution in [0.15, 0.2) is 84.9 Å². The SMILES string of the molecule is O=C(O)CCc1ccc(-c2ccccc2)n1-c1cccc2ccccc12. The average Bonchev–Trinajstić information content (AvgIpc) is 3.10. The molecular weight excluding hydrogens is 322 g/mol. The van der Waals surface area contributed by atoms with Gasteiger partial charge in [-0.2, -0.15) is 0 Å². The number of carboxylic acid groups (broad SMARTS) is 1. The van der Waals surface area contributed by atoms with Gasteiger partial charge in [-0.05, 0) is 35.6 Å². The van der Waals surface area contributed by atoms with E-state index in [1.54, 1.807) is 0 Å². The number of nitrogens with zero attached hydrogens (tertiary/aromatic N) is 1. The van der Waals surface area contributed by atoms with Crippen molar-refractivity contribution < 1.29 is 9.90 Å². The molecule has 0 aliphatic heterocycles. The third-order valence-corrected chi connectivity index (χ3v) is 4.63. The van der Waals surface area contributed by atoms with Crippen LogP contribution >= 0.6 is 0 Å². The Kier molecular flexibility index (Phi) is 4.28. The van der Waals surface area contributed by atoms with E-state index < -0.39 is 5.97 Å². The number of hydrogen-bond acceptors (Lipinski definition) is 1. The van der Waals surface area contributed by atoms with Crippen molar-refractivity contribution in [3.05, 3.63) is 90.6 Å². The minimum absolute atomic E-state index is 0.114. The van der Waals surface area contributed by atoms with Crippen LogP contribution in [0.25, 0.3) is 27.7 Å². The molecule has 26 heavy (non-hydrogen) atoms. The molecule has 4 aromatic rings. The molecule has 0 bridgehead atoms. The lowest BCUT2D eigenvalue weighted by Gasteiger charge is -2.16. The molecule has 0 saturated carbocycles. The van der Waals surface area contributed by atoms with Crippen LogP contribution in [-0.2, 0) is 11.2 Å². The molecule has 0 aliphatic carbocycles. The molecule has 0 spiro atoms. The molecule has 4 rings (SSSR count). The Labute approximate surface area is 152 Å². The summed E-state index contributed by atoms with van der Waals surface area (Å²) in [5.41, 5.74) is 4.26. The Bertz CT molecular complexity index is 1060. The van der Waals surface area contributed by atoms with Crippen LogP contribution < -0.4 is 0 Å². The fraction of sp³-hybridized carbons (Fsp3) is 0.0870. The van der Waals surface area contributed by atoms with E-state index in [0.29, 0.717) is 6.42 Å². The van der Waals surface area contributed by atoms with Crippen molar-refractivity contribution in [1.29, 1.82) is 0 Å². The van der Waals surface area contributed by atoms with E-state index in [0.717, 1.165) is 28.0 Å². The summed E-state index contributed by atoms with van der Waals surface area (Å²) in [6, 6.07) is 28.8. The first kappa shape index (κ1) is 16.2. The van der Waals surface area contributed by atoms with Crippen molar-refractivity contribution >= 4 is 16.7 Å². The van der Waals surface area contributed by atoms with Gasteiger partial charge >= 0.3 is 5.97 Å². The molecule has 128 valence electrons. The average molecular weight is 341 g/mol. The molecule has 1 N–H and O–H groups in total. The van der Waals surface area contributed by atoms with Crippen LogP contribution in [0.2, 0.25) is 0 Å². The molecule has 1 heterocycles. The Hall–Kier alpha value is -3.33. The van der Waals surface area contributed by atoms with Gasteiger partial charge in [-0.25, -0.2) is 0 Å². The molecule has 3 heteroatoms. The van der Waals surface area contributed by atoms with Gasteiger partial charge in [0.2, 0.25) is 0 Å². The Morgan fingerprint density at radius 1 is 0.808 bits per heavy atom. The maximum atomic E-state index is 11.1. The highest BCUT2D eigenvalue weighted by Crippen LogP contribution is 2.31. The first-order valence-electron chi connectivity index (χ1n) is 8.70. The largest absolute Gasteiger partial charge is 0.481 e. The van der Waals surface area contributed by atoms with Crippen molar-refractivity contribution in [1.82, 2.24) is 4.57 Å². The number of benzene rings is 3. The van der Waals surface area contributed by atoms with E-state index in [9.17, 15) is 4.79 Å². The lowest BCUT2D eigenvalue weighted by atomic mass is 10.1. The van der Waals surface area contributed by atoms with Crippen molar-refractivity contribution in [3.63, 3.8) is 0 Å². The summed E-state index contributed by atoms with van der Waals surface area (Å²) >= 11 is 0. The van der Waals surface area contributed by atoms with E-state index >= 15 is 0 Å². The van der Waals surface area contributed by atoms with Gasteiger partial charge in [0.15, 0.2) is 0 Å². The second-order valence-electron chi connectivity index (χ2n) is 6.30. The van der Waals surface area contributed by atoms with Crippen LogP contribution in [0.1, 0.15) is 12.1 Å². The Morgan fingerprint density at radius 3 is 2.35 bits per heavy atom. The molecule has 0 saturated heterocycles. The lowest BCUT2D eigenvalue weighted by Crippen LogP contribution is -2.05. The highest BCUT2D eigenvalue weighted by Gasteiger charge is 2.14. The minimum Gasteiger partial charge on any atom is -0.481 e. The maximum Gasteiger partial charge on any atom is 0.303 e. The molecule has 0 radical (unpaired) electrons. The molecule has 0 unspecified atom stereocenters. The van der Waals surface area contributed by atoms with Crippen LogP contribution in [0.4, 0.5) is 0 Å². The third kappa shape index (κ3) is 3.00.